The summed E-state index contributed by atoms with van der Waals surface area (Å²) in [5.41, 5.74) is 4.25. The molecular formula is C31H36N2O3S. The Labute approximate surface area is 225 Å². The molecule has 1 fully saturated rings. The van der Waals surface area contributed by atoms with Crippen molar-refractivity contribution in [2.24, 2.45) is 5.92 Å². The number of nitrogens with zero attached hydrogens (tertiary/aromatic N) is 1. The maximum Gasteiger partial charge on any atom is 0.262 e. The highest BCUT2D eigenvalue weighted by molar-refractivity contribution is 7.80. The van der Waals surface area contributed by atoms with Crippen LogP contribution in [-0.2, 0) is 17.6 Å². The van der Waals surface area contributed by atoms with E-state index in [1.54, 1.807) is 0 Å². The molecule has 0 saturated carbocycles. The predicted molar refractivity (Wildman–Crippen MR) is 154 cm³/mol. The SMILES string of the molecule is CCOc1cc(C(=S)N2CCC(Cc3ccccc3)CC2)ccc1OCC(=O)Nc1ccccc1CC. The zero-order chi connectivity index (χ0) is 26.0. The van der Waals surface area contributed by atoms with Gasteiger partial charge in [-0.05, 0) is 73.9 Å². The Kier molecular flexibility index (Phi) is 9.55. The molecule has 6 heteroatoms. The first-order valence-corrected chi connectivity index (χ1v) is 13.6. The quantitative estimate of drug-likeness (QED) is 0.321. The van der Waals surface area contributed by atoms with Crippen LogP contribution >= 0.6 is 12.2 Å². The van der Waals surface area contributed by atoms with Gasteiger partial charge in [0, 0.05) is 24.3 Å². The fraction of sp³-hybridized carbons (Fsp3) is 0.355. The van der Waals surface area contributed by atoms with E-state index in [9.17, 15) is 4.79 Å². The highest BCUT2D eigenvalue weighted by atomic mass is 32.1. The minimum atomic E-state index is -0.207. The van der Waals surface area contributed by atoms with Crippen LogP contribution in [0, 0.1) is 5.92 Å². The molecule has 3 aromatic carbocycles. The number of carbonyl (C=O) groups excluding carboxylic acids is 1. The van der Waals surface area contributed by atoms with E-state index in [-0.39, 0.29) is 12.5 Å². The zero-order valence-corrected chi connectivity index (χ0v) is 22.6. The number of anilines is 1. The van der Waals surface area contributed by atoms with E-state index in [1.165, 1.54) is 5.56 Å². The summed E-state index contributed by atoms with van der Waals surface area (Å²) in [5.74, 6) is 1.62. The Balaban J connectivity index is 1.34. The largest absolute Gasteiger partial charge is 0.490 e. The lowest BCUT2D eigenvalue weighted by Crippen LogP contribution is -2.38. The maximum atomic E-state index is 12.5. The third-order valence-electron chi connectivity index (χ3n) is 6.79. The second-order valence-electron chi connectivity index (χ2n) is 9.37. The van der Waals surface area contributed by atoms with Crippen molar-refractivity contribution >= 4 is 28.8 Å². The molecule has 0 aromatic heterocycles. The molecule has 0 spiro atoms. The van der Waals surface area contributed by atoms with Crippen molar-refractivity contribution in [1.82, 2.24) is 4.90 Å². The molecular weight excluding hydrogens is 480 g/mol. The second kappa shape index (κ2) is 13.2. The molecule has 1 aliphatic heterocycles. The van der Waals surface area contributed by atoms with Crippen molar-refractivity contribution in [1.29, 1.82) is 0 Å². The summed E-state index contributed by atoms with van der Waals surface area (Å²) in [6, 6.07) is 24.3. The molecule has 1 amide bonds. The van der Waals surface area contributed by atoms with Crippen molar-refractivity contribution in [3.8, 4) is 11.5 Å². The smallest absolute Gasteiger partial charge is 0.262 e. The normalized spacial score (nSPS) is 13.7. The van der Waals surface area contributed by atoms with Gasteiger partial charge in [0.25, 0.3) is 5.91 Å². The number of nitrogens with one attached hydrogen (secondary N) is 1. The van der Waals surface area contributed by atoms with E-state index in [0.717, 1.165) is 60.6 Å². The van der Waals surface area contributed by atoms with Gasteiger partial charge in [0.15, 0.2) is 18.1 Å². The van der Waals surface area contributed by atoms with Crippen LogP contribution in [0.5, 0.6) is 11.5 Å². The topological polar surface area (TPSA) is 50.8 Å². The Morgan fingerprint density at radius 2 is 1.68 bits per heavy atom. The summed E-state index contributed by atoms with van der Waals surface area (Å²) in [7, 11) is 0. The number of rotatable bonds is 10. The van der Waals surface area contributed by atoms with Gasteiger partial charge in [-0.15, -0.1) is 0 Å². The molecule has 0 atom stereocenters. The van der Waals surface area contributed by atoms with Gasteiger partial charge in [-0.25, -0.2) is 0 Å². The van der Waals surface area contributed by atoms with Gasteiger partial charge in [0.05, 0.1) is 6.61 Å². The number of aryl methyl sites for hydroxylation is 1. The Morgan fingerprint density at radius 3 is 2.41 bits per heavy atom. The first kappa shape index (κ1) is 26.7. The van der Waals surface area contributed by atoms with E-state index >= 15 is 0 Å². The summed E-state index contributed by atoms with van der Waals surface area (Å²) in [6.45, 7) is 6.30. The van der Waals surface area contributed by atoms with E-state index in [0.29, 0.717) is 24.0 Å². The number of amides is 1. The van der Waals surface area contributed by atoms with Gasteiger partial charge < -0.3 is 19.7 Å². The van der Waals surface area contributed by atoms with Crippen LogP contribution in [0.2, 0.25) is 0 Å². The van der Waals surface area contributed by atoms with Crippen LogP contribution in [0.4, 0.5) is 5.69 Å². The van der Waals surface area contributed by atoms with Crippen LogP contribution in [0.3, 0.4) is 0 Å². The molecule has 0 bridgehead atoms. The Morgan fingerprint density at radius 1 is 0.946 bits per heavy atom. The highest BCUT2D eigenvalue weighted by Crippen LogP contribution is 2.30. The molecule has 0 unspecified atom stereocenters. The molecule has 5 nitrogen and oxygen atoms in total. The molecule has 1 saturated heterocycles. The predicted octanol–water partition coefficient (Wildman–Crippen LogP) is 6.30. The monoisotopic (exact) mass is 516 g/mol. The Hall–Kier alpha value is -3.38. The van der Waals surface area contributed by atoms with Gasteiger partial charge in [-0.1, -0.05) is 67.7 Å². The molecule has 1 heterocycles. The Bertz CT molecular complexity index is 1190. The summed E-state index contributed by atoms with van der Waals surface area (Å²) in [6.07, 6.45) is 4.23. The molecule has 3 aromatic rings. The first-order chi connectivity index (χ1) is 18.1. The standard InChI is InChI=1S/C31H36N2O3S/c1-3-25-12-8-9-13-27(25)32-30(34)22-36-28-15-14-26(21-29(28)35-4-2)31(37)33-18-16-24(17-19-33)20-23-10-6-5-7-11-23/h5-15,21,24H,3-4,16-20,22H2,1-2H3,(H,32,34). The second-order valence-corrected chi connectivity index (χ2v) is 9.75. The van der Waals surface area contributed by atoms with Crippen LogP contribution in [0.15, 0.2) is 72.8 Å². The first-order valence-electron chi connectivity index (χ1n) is 13.2. The van der Waals surface area contributed by atoms with Gasteiger partial charge in [-0.2, -0.15) is 0 Å². The molecule has 1 N–H and O–H groups in total. The lowest BCUT2D eigenvalue weighted by molar-refractivity contribution is -0.118. The van der Waals surface area contributed by atoms with Gasteiger partial charge in [-0.3, -0.25) is 4.79 Å². The summed E-state index contributed by atoms with van der Waals surface area (Å²) in [4.78, 5) is 15.7. The summed E-state index contributed by atoms with van der Waals surface area (Å²) < 4.78 is 11.7. The number of benzene rings is 3. The van der Waals surface area contributed by atoms with E-state index in [4.69, 9.17) is 21.7 Å². The van der Waals surface area contributed by atoms with Crippen molar-refractivity contribution in [2.45, 2.75) is 39.5 Å². The number of likely N-dealkylation sites (tertiary alicyclic amines) is 1. The number of hydrogen-bond donors (Lipinski definition) is 1. The van der Waals surface area contributed by atoms with Gasteiger partial charge >= 0.3 is 0 Å². The number of hydrogen-bond acceptors (Lipinski definition) is 4. The van der Waals surface area contributed by atoms with Gasteiger partial charge in [0.2, 0.25) is 0 Å². The number of piperidine rings is 1. The number of carbonyl (C=O) groups is 1. The van der Waals surface area contributed by atoms with Crippen molar-refractivity contribution in [2.75, 3.05) is 31.6 Å². The van der Waals surface area contributed by atoms with E-state index in [1.807, 2.05) is 49.4 Å². The third kappa shape index (κ3) is 7.32. The molecule has 4 rings (SSSR count). The average Bonchev–Trinajstić information content (AvgIpc) is 2.93. The number of thiocarbonyl (C=S) groups is 1. The molecule has 37 heavy (non-hydrogen) atoms. The number of para-hydroxylation sites is 1. The summed E-state index contributed by atoms with van der Waals surface area (Å²) in [5, 5.41) is 2.94. The maximum absolute atomic E-state index is 12.5. The van der Waals surface area contributed by atoms with Crippen molar-refractivity contribution in [3.05, 3.63) is 89.5 Å². The molecule has 0 radical (unpaired) electrons. The minimum absolute atomic E-state index is 0.100. The van der Waals surface area contributed by atoms with Crippen LogP contribution in [0.25, 0.3) is 0 Å². The van der Waals surface area contributed by atoms with Crippen LogP contribution in [0.1, 0.15) is 43.4 Å². The van der Waals surface area contributed by atoms with Crippen LogP contribution in [-0.4, -0.2) is 42.1 Å². The minimum Gasteiger partial charge on any atom is -0.490 e. The lowest BCUT2D eigenvalue weighted by atomic mass is 9.90. The number of ether oxygens (including phenoxy) is 2. The van der Waals surface area contributed by atoms with Crippen LogP contribution < -0.4 is 14.8 Å². The molecule has 194 valence electrons. The van der Waals surface area contributed by atoms with Crippen molar-refractivity contribution < 1.29 is 14.3 Å². The fourth-order valence-electron chi connectivity index (χ4n) is 4.78. The fourth-order valence-corrected chi connectivity index (χ4v) is 5.09. The summed E-state index contributed by atoms with van der Waals surface area (Å²) >= 11 is 5.86. The van der Waals surface area contributed by atoms with E-state index < -0.39 is 0 Å². The van der Waals surface area contributed by atoms with Crippen molar-refractivity contribution in [3.63, 3.8) is 0 Å². The zero-order valence-electron chi connectivity index (χ0n) is 21.7. The van der Waals surface area contributed by atoms with E-state index in [2.05, 4.69) is 47.5 Å². The third-order valence-corrected chi connectivity index (χ3v) is 7.28. The molecule has 1 aliphatic rings. The highest BCUT2D eigenvalue weighted by Gasteiger charge is 2.22. The molecule has 0 aliphatic carbocycles. The lowest BCUT2D eigenvalue weighted by Gasteiger charge is -2.34. The average molecular weight is 517 g/mol. The van der Waals surface area contributed by atoms with Gasteiger partial charge in [0.1, 0.15) is 4.99 Å².